The lowest BCUT2D eigenvalue weighted by Crippen LogP contribution is -2.34. The van der Waals surface area contributed by atoms with Gasteiger partial charge in [-0.25, -0.2) is 5.90 Å². The van der Waals surface area contributed by atoms with Crippen LogP contribution in [0.2, 0.25) is 0 Å². The van der Waals surface area contributed by atoms with Crippen LogP contribution in [0.5, 0.6) is 5.75 Å². The zero-order valence-electron chi connectivity index (χ0n) is 13.8. The molecule has 0 radical (unpaired) electrons. The minimum Gasteiger partial charge on any atom is -0.496 e. The Morgan fingerprint density at radius 1 is 1.17 bits per heavy atom. The van der Waals surface area contributed by atoms with Gasteiger partial charge in [-0.2, -0.15) is 0 Å². The monoisotopic (exact) mass is 333 g/mol. The molecule has 2 aromatic rings. The smallest absolute Gasteiger partial charge is 0.125 e. The van der Waals surface area contributed by atoms with Gasteiger partial charge in [0.2, 0.25) is 0 Å². The summed E-state index contributed by atoms with van der Waals surface area (Å²) in [5.74, 6) is 5.70. The van der Waals surface area contributed by atoms with Crippen LogP contribution in [0.3, 0.4) is 0 Å². The quantitative estimate of drug-likeness (QED) is 0.785. The molecule has 0 saturated carbocycles. The highest BCUT2D eigenvalue weighted by Gasteiger charge is 2.46. The lowest BCUT2D eigenvalue weighted by atomic mass is 9.90. The average Bonchev–Trinajstić information content (AvgIpc) is 2.98. The fourth-order valence-electron chi connectivity index (χ4n) is 3.51. The molecule has 6 nitrogen and oxygen atoms in total. The van der Waals surface area contributed by atoms with Gasteiger partial charge in [0.1, 0.15) is 11.9 Å². The van der Waals surface area contributed by atoms with Crippen molar-refractivity contribution in [2.75, 3.05) is 27.4 Å². The van der Waals surface area contributed by atoms with Crippen LogP contribution in [0.4, 0.5) is 0 Å². The van der Waals surface area contributed by atoms with Crippen molar-refractivity contribution in [3.8, 4) is 5.75 Å². The van der Waals surface area contributed by atoms with E-state index in [0.717, 1.165) is 22.1 Å². The highest BCUT2D eigenvalue weighted by molar-refractivity contribution is 5.85. The Bertz CT molecular complexity index is 692. The third-order valence-electron chi connectivity index (χ3n) is 4.65. The van der Waals surface area contributed by atoms with Gasteiger partial charge >= 0.3 is 0 Å². The number of hydrogen-bond acceptors (Lipinski definition) is 6. The lowest BCUT2D eigenvalue weighted by molar-refractivity contribution is -0.0557. The molecule has 24 heavy (non-hydrogen) atoms. The van der Waals surface area contributed by atoms with Crippen molar-refractivity contribution in [2.45, 2.75) is 18.3 Å². The predicted molar refractivity (Wildman–Crippen MR) is 89.6 cm³/mol. The third-order valence-corrected chi connectivity index (χ3v) is 4.65. The zero-order chi connectivity index (χ0) is 17.1. The van der Waals surface area contributed by atoms with E-state index in [-0.39, 0.29) is 37.4 Å². The highest BCUT2D eigenvalue weighted by atomic mass is 16.6. The second kappa shape index (κ2) is 7.46. The lowest BCUT2D eigenvalue weighted by Gasteiger charge is -2.22. The first-order chi connectivity index (χ1) is 11.7. The third kappa shape index (κ3) is 2.99. The molecule has 0 bridgehead atoms. The van der Waals surface area contributed by atoms with Gasteiger partial charge in [0.25, 0.3) is 0 Å². The molecule has 0 aromatic heterocycles. The fraction of sp³-hybridized carbons (Fsp3) is 0.444. The van der Waals surface area contributed by atoms with E-state index in [1.54, 1.807) is 14.2 Å². The molecular weight excluding hydrogens is 310 g/mol. The molecule has 130 valence electrons. The number of rotatable bonds is 6. The fourth-order valence-corrected chi connectivity index (χ4v) is 3.51. The van der Waals surface area contributed by atoms with Gasteiger partial charge in [-0.05, 0) is 22.9 Å². The average molecular weight is 333 g/mol. The first kappa shape index (κ1) is 17.1. The number of ether oxygens (including phenoxy) is 3. The van der Waals surface area contributed by atoms with Gasteiger partial charge in [-0.3, -0.25) is 0 Å². The van der Waals surface area contributed by atoms with Crippen molar-refractivity contribution < 1.29 is 24.2 Å². The van der Waals surface area contributed by atoms with Crippen LogP contribution < -0.4 is 10.6 Å². The Morgan fingerprint density at radius 3 is 2.46 bits per heavy atom. The molecule has 1 aliphatic rings. The molecule has 0 amide bonds. The summed E-state index contributed by atoms with van der Waals surface area (Å²) in [5.41, 5.74) is 0.886. The van der Waals surface area contributed by atoms with Crippen LogP contribution >= 0.6 is 0 Å². The summed E-state index contributed by atoms with van der Waals surface area (Å²) in [5, 5.41) is 12.1. The van der Waals surface area contributed by atoms with Crippen LogP contribution in [-0.2, 0) is 14.3 Å². The summed E-state index contributed by atoms with van der Waals surface area (Å²) < 4.78 is 17.2. The SMILES string of the molecule is COc1cc2ccccc2cc1[C@@H]1O[C@H](CON)C(OC)C1CO. The Morgan fingerprint density at radius 2 is 1.88 bits per heavy atom. The molecule has 1 fully saturated rings. The maximum Gasteiger partial charge on any atom is 0.125 e. The summed E-state index contributed by atoms with van der Waals surface area (Å²) in [6.45, 7) is 0.127. The van der Waals surface area contributed by atoms with Crippen LogP contribution in [0.15, 0.2) is 36.4 Å². The summed E-state index contributed by atoms with van der Waals surface area (Å²) in [6.07, 6.45) is -1.02. The van der Waals surface area contributed by atoms with Crippen molar-refractivity contribution in [3.63, 3.8) is 0 Å². The minimum atomic E-state index is -0.361. The normalized spacial score (nSPS) is 26.8. The van der Waals surface area contributed by atoms with E-state index in [1.807, 2.05) is 36.4 Å². The number of hydrogen-bond donors (Lipinski definition) is 2. The molecular formula is C18H23NO5. The maximum atomic E-state index is 9.89. The van der Waals surface area contributed by atoms with Crippen molar-refractivity contribution in [1.82, 2.24) is 0 Å². The van der Waals surface area contributed by atoms with Gasteiger partial charge in [0.05, 0.1) is 32.5 Å². The number of aliphatic hydroxyl groups is 1. The van der Waals surface area contributed by atoms with Crippen LogP contribution in [0.25, 0.3) is 10.8 Å². The largest absolute Gasteiger partial charge is 0.496 e. The molecule has 6 heteroatoms. The maximum absolute atomic E-state index is 9.89. The van der Waals surface area contributed by atoms with Crippen LogP contribution in [0.1, 0.15) is 11.7 Å². The van der Waals surface area contributed by atoms with Crippen molar-refractivity contribution in [1.29, 1.82) is 0 Å². The molecule has 0 aliphatic carbocycles. The van der Waals surface area contributed by atoms with E-state index >= 15 is 0 Å². The minimum absolute atomic E-state index is 0.0692. The number of fused-ring (bicyclic) bond motifs is 1. The standard InChI is InChI=1S/C18H23NO5/c1-21-15-8-12-6-4-3-5-11(12)7-13(15)17-14(9-20)18(22-2)16(24-17)10-23-19/h3-8,14,16-18,20H,9-10,19H2,1-2H3/t14?,16-,17+,18?/m1/s1. The van der Waals surface area contributed by atoms with E-state index < -0.39 is 0 Å². The number of nitrogens with two attached hydrogens (primary N) is 1. The van der Waals surface area contributed by atoms with Gasteiger partial charge < -0.3 is 24.2 Å². The first-order valence-corrected chi connectivity index (χ1v) is 7.91. The number of methoxy groups -OCH3 is 2. The van der Waals surface area contributed by atoms with Crippen LogP contribution in [0, 0.1) is 5.92 Å². The van der Waals surface area contributed by atoms with Gasteiger partial charge in [-0.15, -0.1) is 0 Å². The number of benzene rings is 2. The molecule has 0 spiro atoms. The Hall–Kier alpha value is -1.70. The van der Waals surface area contributed by atoms with E-state index in [0.29, 0.717) is 0 Å². The Labute approximate surface area is 141 Å². The van der Waals surface area contributed by atoms with Crippen molar-refractivity contribution in [2.24, 2.45) is 11.8 Å². The Balaban J connectivity index is 2.04. The predicted octanol–water partition coefficient (Wildman–Crippen LogP) is 1.80. The summed E-state index contributed by atoms with van der Waals surface area (Å²) in [7, 11) is 3.23. The number of aliphatic hydroxyl groups excluding tert-OH is 1. The molecule has 4 atom stereocenters. The molecule has 3 N–H and O–H groups in total. The second-order valence-corrected chi connectivity index (χ2v) is 5.92. The van der Waals surface area contributed by atoms with E-state index in [4.69, 9.17) is 24.9 Å². The molecule has 2 unspecified atom stereocenters. The molecule has 1 heterocycles. The van der Waals surface area contributed by atoms with Gasteiger partial charge in [-0.1, -0.05) is 24.3 Å². The molecule has 2 aromatic carbocycles. The van der Waals surface area contributed by atoms with E-state index in [9.17, 15) is 5.11 Å². The molecule has 1 aliphatic heterocycles. The van der Waals surface area contributed by atoms with Gasteiger partial charge in [0.15, 0.2) is 0 Å². The summed E-state index contributed by atoms with van der Waals surface area (Å²) in [6, 6.07) is 12.1. The molecule has 3 rings (SSSR count). The van der Waals surface area contributed by atoms with Crippen molar-refractivity contribution >= 4 is 10.8 Å². The van der Waals surface area contributed by atoms with E-state index in [2.05, 4.69) is 0 Å². The van der Waals surface area contributed by atoms with Crippen molar-refractivity contribution in [3.05, 3.63) is 42.0 Å². The highest BCUT2D eigenvalue weighted by Crippen LogP contribution is 2.44. The Kier molecular flexibility index (Phi) is 5.33. The molecule has 1 saturated heterocycles. The zero-order valence-corrected chi connectivity index (χ0v) is 13.8. The van der Waals surface area contributed by atoms with Gasteiger partial charge in [0, 0.05) is 18.6 Å². The summed E-state index contributed by atoms with van der Waals surface area (Å²) in [4.78, 5) is 4.74. The summed E-state index contributed by atoms with van der Waals surface area (Å²) >= 11 is 0. The second-order valence-electron chi connectivity index (χ2n) is 5.92. The van der Waals surface area contributed by atoms with Crippen LogP contribution in [-0.4, -0.2) is 44.7 Å². The topological polar surface area (TPSA) is 83.2 Å². The first-order valence-electron chi connectivity index (χ1n) is 7.91. The van der Waals surface area contributed by atoms with E-state index in [1.165, 1.54) is 0 Å².